The Bertz CT molecular complexity index is 1410. The quantitative estimate of drug-likeness (QED) is 0.300. The van der Waals surface area contributed by atoms with Crippen LogP contribution in [-0.2, 0) is 23.6 Å². The number of nitrogens with one attached hydrogen (secondary N) is 1. The van der Waals surface area contributed by atoms with Crippen LogP contribution < -0.4 is 14.8 Å². The number of aliphatic carboxylic acids is 1. The van der Waals surface area contributed by atoms with Crippen molar-refractivity contribution in [1.29, 1.82) is 0 Å². The predicted octanol–water partition coefficient (Wildman–Crippen LogP) is 6.71. The lowest BCUT2D eigenvalue weighted by atomic mass is 9.92. The van der Waals surface area contributed by atoms with Crippen molar-refractivity contribution in [3.63, 3.8) is 0 Å². The molecule has 2 N–H and O–H groups in total. The summed E-state index contributed by atoms with van der Waals surface area (Å²) in [5, 5.41) is 12.4. The zero-order valence-corrected chi connectivity index (χ0v) is 21.0. The molecule has 6 nitrogen and oxygen atoms in total. The number of carboxylic acids is 1. The molecule has 1 aliphatic rings. The van der Waals surface area contributed by atoms with Gasteiger partial charge in [0.15, 0.2) is 0 Å². The second kappa shape index (κ2) is 11.3. The van der Waals surface area contributed by atoms with Crippen molar-refractivity contribution in [2.75, 3.05) is 6.54 Å². The van der Waals surface area contributed by atoms with Crippen LogP contribution in [-0.4, -0.2) is 29.8 Å². The van der Waals surface area contributed by atoms with Crippen LogP contribution in [0.3, 0.4) is 0 Å². The van der Waals surface area contributed by atoms with Crippen molar-refractivity contribution in [2.24, 2.45) is 0 Å². The number of benzene rings is 3. The minimum absolute atomic E-state index is 0.00518. The van der Waals surface area contributed by atoms with Gasteiger partial charge in [0.2, 0.25) is 6.29 Å². The molecule has 1 heterocycles. The molecule has 3 aromatic carbocycles. The van der Waals surface area contributed by atoms with Crippen molar-refractivity contribution >= 4 is 23.5 Å². The monoisotopic (exact) mass is 587 g/mol. The summed E-state index contributed by atoms with van der Waals surface area (Å²) in [5.74, 6) is -2.04. The Kier molecular flexibility index (Phi) is 8.20. The highest BCUT2D eigenvalue weighted by Gasteiger charge is 2.38. The number of halogens is 7. The summed E-state index contributed by atoms with van der Waals surface area (Å²) >= 11 is 5.97. The SMILES string of the molecule is O=C(NCCc1ccc(C(F)(F)F)cc1C(F)(F)F)c1ccc(OC2CC(C(=O)O)c3cc(Cl)ccc3O2)cc1. The first kappa shape index (κ1) is 29.1. The first-order valence-electron chi connectivity index (χ1n) is 11.7. The molecule has 0 bridgehead atoms. The third-order valence-electron chi connectivity index (χ3n) is 6.14. The number of carbonyl (C=O) groups is 2. The van der Waals surface area contributed by atoms with Crippen LogP contribution in [0, 0.1) is 0 Å². The molecule has 40 heavy (non-hydrogen) atoms. The summed E-state index contributed by atoms with van der Waals surface area (Å²) in [6.07, 6.45) is -11.2. The number of carboxylic acid groups (broad SMARTS) is 1. The van der Waals surface area contributed by atoms with Gasteiger partial charge in [0.25, 0.3) is 5.91 Å². The van der Waals surface area contributed by atoms with Gasteiger partial charge in [-0.05, 0) is 66.6 Å². The van der Waals surface area contributed by atoms with Gasteiger partial charge in [-0.2, -0.15) is 26.3 Å². The first-order valence-corrected chi connectivity index (χ1v) is 12.1. The minimum Gasteiger partial charge on any atom is -0.481 e. The van der Waals surface area contributed by atoms with Crippen molar-refractivity contribution in [2.45, 2.75) is 37.4 Å². The smallest absolute Gasteiger partial charge is 0.416 e. The van der Waals surface area contributed by atoms with E-state index in [0.29, 0.717) is 22.4 Å². The lowest BCUT2D eigenvalue weighted by molar-refractivity contribution is -0.144. The average Bonchev–Trinajstić information content (AvgIpc) is 2.87. The second-order valence-electron chi connectivity index (χ2n) is 8.87. The highest BCUT2D eigenvalue weighted by Crippen LogP contribution is 2.39. The maximum atomic E-state index is 13.3. The predicted molar refractivity (Wildman–Crippen MR) is 130 cm³/mol. The molecular formula is C27H20ClF6NO5. The lowest BCUT2D eigenvalue weighted by Crippen LogP contribution is -2.33. The van der Waals surface area contributed by atoms with Crippen molar-refractivity contribution in [3.05, 3.63) is 93.5 Å². The molecule has 1 amide bonds. The van der Waals surface area contributed by atoms with E-state index in [-0.39, 0.29) is 42.3 Å². The first-order chi connectivity index (χ1) is 18.7. The lowest BCUT2D eigenvalue weighted by Gasteiger charge is -2.30. The molecule has 0 radical (unpaired) electrons. The van der Waals surface area contributed by atoms with Gasteiger partial charge in [-0.1, -0.05) is 17.7 Å². The number of rotatable bonds is 7. The van der Waals surface area contributed by atoms with E-state index in [1.807, 2.05) is 0 Å². The zero-order chi connectivity index (χ0) is 29.2. The van der Waals surface area contributed by atoms with Gasteiger partial charge >= 0.3 is 18.3 Å². The topological polar surface area (TPSA) is 84.9 Å². The number of carbonyl (C=O) groups excluding carboxylic acids is 1. The summed E-state index contributed by atoms with van der Waals surface area (Å²) in [7, 11) is 0. The highest BCUT2D eigenvalue weighted by atomic mass is 35.5. The second-order valence-corrected chi connectivity index (χ2v) is 9.31. The number of alkyl halides is 6. The Morgan fingerprint density at radius 3 is 2.30 bits per heavy atom. The fourth-order valence-electron chi connectivity index (χ4n) is 4.20. The highest BCUT2D eigenvalue weighted by molar-refractivity contribution is 6.30. The van der Waals surface area contributed by atoms with E-state index in [9.17, 15) is 41.0 Å². The number of hydrogen-bond donors (Lipinski definition) is 2. The van der Waals surface area contributed by atoms with Gasteiger partial charge < -0.3 is 19.9 Å². The largest absolute Gasteiger partial charge is 0.481 e. The van der Waals surface area contributed by atoms with Gasteiger partial charge in [0.05, 0.1) is 17.0 Å². The van der Waals surface area contributed by atoms with Crippen LogP contribution in [0.4, 0.5) is 26.3 Å². The van der Waals surface area contributed by atoms with Crippen LogP contribution in [0.25, 0.3) is 0 Å². The van der Waals surface area contributed by atoms with Crippen molar-refractivity contribution < 1.29 is 50.5 Å². The molecule has 2 atom stereocenters. The maximum absolute atomic E-state index is 13.3. The summed E-state index contributed by atoms with van der Waals surface area (Å²) < 4.78 is 90.0. The maximum Gasteiger partial charge on any atom is 0.416 e. The molecule has 0 fully saturated rings. The van der Waals surface area contributed by atoms with E-state index in [0.717, 1.165) is 6.07 Å². The van der Waals surface area contributed by atoms with E-state index in [2.05, 4.69) is 5.32 Å². The summed E-state index contributed by atoms with van der Waals surface area (Å²) in [6, 6.07) is 11.6. The Hall–Kier alpha value is -3.93. The van der Waals surface area contributed by atoms with Crippen molar-refractivity contribution in [1.82, 2.24) is 5.32 Å². The van der Waals surface area contributed by atoms with E-state index < -0.39 is 47.6 Å². The number of hydrogen-bond acceptors (Lipinski definition) is 4. The molecule has 1 aliphatic heterocycles. The Morgan fingerprint density at radius 2 is 1.68 bits per heavy atom. The summed E-state index contributed by atoms with van der Waals surface area (Å²) in [5.41, 5.74) is -2.66. The van der Waals surface area contributed by atoms with E-state index >= 15 is 0 Å². The van der Waals surface area contributed by atoms with Gasteiger partial charge in [-0.15, -0.1) is 0 Å². The van der Waals surface area contributed by atoms with Crippen LogP contribution in [0.15, 0.2) is 60.7 Å². The van der Waals surface area contributed by atoms with Crippen LogP contribution in [0.5, 0.6) is 11.5 Å². The van der Waals surface area contributed by atoms with Crippen LogP contribution in [0.2, 0.25) is 5.02 Å². The Balaban J connectivity index is 1.37. The van der Waals surface area contributed by atoms with Crippen LogP contribution >= 0.6 is 11.6 Å². The van der Waals surface area contributed by atoms with Gasteiger partial charge in [-0.3, -0.25) is 9.59 Å². The molecule has 0 saturated carbocycles. The molecule has 3 aromatic rings. The fourth-order valence-corrected chi connectivity index (χ4v) is 4.38. The molecular weight excluding hydrogens is 568 g/mol. The molecule has 4 rings (SSSR count). The van der Waals surface area contributed by atoms with Crippen molar-refractivity contribution in [3.8, 4) is 11.5 Å². The van der Waals surface area contributed by atoms with Gasteiger partial charge in [-0.25, -0.2) is 0 Å². The zero-order valence-electron chi connectivity index (χ0n) is 20.3. The number of ether oxygens (including phenoxy) is 2. The average molecular weight is 588 g/mol. The van der Waals surface area contributed by atoms with E-state index in [4.69, 9.17) is 21.1 Å². The molecule has 2 unspecified atom stereocenters. The molecule has 0 saturated heterocycles. The van der Waals surface area contributed by atoms with Gasteiger partial charge in [0.1, 0.15) is 11.5 Å². The van der Waals surface area contributed by atoms with E-state index in [1.165, 1.54) is 30.3 Å². The normalized spacial score (nSPS) is 17.0. The van der Waals surface area contributed by atoms with E-state index in [1.54, 1.807) is 12.1 Å². The molecule has 0 spiro atoms. The fraction of sp³-hybridized carbons (Fsp3) is 0.259. The summed E-state index contributed by atoms with van der Waals surface area (Å²) in [4.78, 5) is 24.2. The number of amides is 1. The van der Waals surface area contributed by atoms with Gasteiger partial charge in [0, 0.05) is 29.1 Å². The molecule has 0 aromatic heterocycles. The van der Waals surface area contributed by atoms with Crippen LogP contribution in [0.1, 0.15) is 45.0 Å². The standard InChI is InChI=1S/C27H20ClF6NO5/c28-17-5-8-22-19(12-17)20(25(37)38)13-23(40-22)39-18-6-2-15(3-7-18)24(36)35-10-9-14-1-4-16(26(29,30)31)11-21(14)27(32,33)34/h1-8,11-12,20,23H,9-10,13H2,(H,35,36)(H,37,38). The molecule has 0 aliphatic carbocycles. The minimum atomic E-state index is -5.00. The third kappa shape index (κ3) is 6.79. The number of fused-ring (bicyclic) bond motifs is 1. The summed E-state index contributed by atoms with van der Waals surface area (Å²) in [6.45, 7) is -0.262. The molecule has 212 valence electrons. The Morgan fingerprint density at radius 1 is 0.975 bits per heavy atom. The molecule has 13 heteroatoms. The third-order valence-corrected chi connectivity index (χ3v) is 6.37. The Labute approximate surface area is 228 Å².